The lowest BCUT2D eigenvalue weighted by Gasteiger charge is -2.19. The normalized spacial score (nSPS) is 15.7. The highest BCUT2D eigenvalue weighted by Crippen LogP contribution is 2.13. The second-order valence-electron chi connectivity index (χ2n) is 6.70. The van der Waals surface area contributed by atoms with Gasteiger partial charge in [-0.15, -0.1) is 5.10 Å². The van der Waals surface area contributed by atoms with E-state index in [0.29, 0.717) is 19.5 Å². The summed E-state index contributed by atoms with van der Waals surface area (Å²) in [5.74, 6) is 0.0316. The van der Waals surface area contributed by atoms with Gasteiger partial charge in [0.25, 0.3) is 0 Å². The Morgan fingerprint density at radius 3 is 2.44 bits per heavy atom. The number of likely N-dealkylation sites (tertiary alicyclic amines) is 1. The van der Waals surface area contributed by atoms with E-state index < -0.39 is 0 Å². The van der Waals surface area contributed by atoms with E-state index in [4.69, 9.17) is 0 Å². The number of amides is 1. The molecule has 0 atom stereocenters. The number of hydrogen-bond donors (Lipinski definition) is 1. The van der Waals surface area contributed by atoms with Gasteiger partial charge in [-0.25, -0.2) is 0 Å². The fourth-order valence-corrected chi connectivity index (χ4v) is 3.17. The van der Waals surface area contributed by atoms with E-state index >= 15 is 0 Å². The van der Waals surface area contributed by atoms with Gasteiger partial charge in [0.15, 0.2) is 0 Å². The molecule has 1 aliphatic rings. The lowest BCUT2D eigenvalue weighted by atomic mass is 10.1. The second-order valence-corrected chi connectivity index (χ2v) is 6.70. The summed E-state index contributed by atoms with van der Waals surface area (Å²) >= 11 is 0. The molecule has 3 rings (SSSR count). The van der Waals surface area contributed by atoms with Crippen LogP contribution in [0.2, 0.25) is 0 Å². The minimum Gasteiger partial charge on any atom is -0.352 e. The van der Waals surface area contributed by atoms with Crippen molar-refractivity contribution in [3.05, 3.63) is 47.8 Å². The number of nitrogens with zero attached hydrogens (tertiary/aromatic N) is 4. The predicted molar refractivity (Wildman–Crippen MR) is 96.7 cm³/mol. The minimum atomic E-state index is 0.0316. The third kappa shape index (κ3) is 5.98. The quantitative estimate of drug-likeness (QED) is 0.840. The molecule has 6 nitrogen and oxygen atoms in total. The molecule has 0 aliphatic carbocycles. The smallest absolute Gasteiger partial charge is 0.222 e. The van der Waals surface area contributed by atoms with Crippen LogP contribution >= 0.6 is 0 Å². The number of carbonyl (C=O) groups is 1. The molecule has 1 aliphatic heterocycles. The molecular formula is C19H27N5O. The molecule has 25 heavy (non-hydrogen) atoms. The number of nitrogens with one attached hydrogen (secondary N) is 1. The molecule has 0 bridgehead atoms. The van der Waals surface area contributed by atoms with Crippen molar-refractivity contribution in [3.8, 4) is 0 Å². The van der Waals surface area contributed by atoms with Gasteiger partial charge >= 0.3 is 0 Å². The SMILES string of the molecule is O=C(CCn1ccnn1)NCc1ccc(CN2CCCCCC2)cc1. The Bertz CT molecular complexity index is 630. The molecule has 2 heterocycles. The molecule has 2 aromatic rings. The zero-order chi connectivity index (χ0) is 17.3. The number of aryl methyl sites for hydroxylation is 1. The van der Waals surface area contributed by atoms with Crippen molar-refractivity contribution in [2.24, 2.45) is 0 Å². The topological polar surface area (TPSA) is 63.1 Å². The number of hydrogen-bond acceptors (Lipinski definition) is 4. The average Bonchev–Trinajstić information content (AvgIpc) is 3.03. The van der Waals surface area contributed by atoms with Crippen molar-refractivity contribution in [2.45, 2.75) is 51.7 Å². The highest BCUT2D eigenvalue weighted by Gasteiger charge is 2.09. The molecule has 1 fully saturated rings. The molecular weight excluding hydrogens is 314 g/mol. The molecule has 0 spiro atoms. The van der Waals surface area contributed by atoms with Crippen LogP contribution in [0.25, 0.3) is 0 Å². The lowest BCUT2D eigenvalue weighted by molar-refractivity contribution is -0.121. The summed E-state index contributed by atoms with van der Waals surface area (Å²) in [5.41, 5.74) is 2.48. The monoisotopic (exact) mass is 341 g/mol. The molecule has 0 radical (unpaired) electrons. The van der Waals surface area contributed by atoms with E-state index in [1.165, 1.54) is 44.3 Å². The first-order valence-corrected chi connectivity index (χ1v) is 9.20. The van der Waals surface area contributed by atoms with Crippen molar-refractivity contribution >= 4 is 5.91 Å². The maximum atomic E-state index is 11.9. The number of aromatic nitrogens is 3. The molecule has 0 unspecified atom stereocenters. The average molecular weight is 341 g/mol. The maximum absolute atomic E-state index is 11.9. The summed E-state index contributed by atoms with van der Waals surface area (Å²) in [5, 5.41) is 10.5. The van der Waals surface area contributed by atoms with E-state index in [9.17, 15) is 4.79 Å². The van der Waals surface area contributed by atoms with Crippen molar-refractivity contribution in [1.29, 1.82) is 0 Å². The van der Waals surface area contributed by atoms with Gasteiger partial charge in [-0.3, -0.25) is 14.4 Å². The van der Waals surface area contributed by atoms with Crippen molar-refractivity contribution < 1.29 is 4.79 Å². The third-order valence-electron chi connectivity index (χ3n) is 4.66. The molecule has 1 amide bonds. The van der Waals surface area contributed by atoms with Crippen LogP contribution in [0.4, 0.5) is 0 Å². The van der Waals surface area contributed by atoms with Gasteiger partial charge in [-0.2, -0.15) is 0 Å². The molecule has 1 aromatic heterocycles. The Hall–Kier alpha value is -2.21. The van der Waals surface area contributed by atoms with Crippen LogP contribution in [0.3, 0.4) is 0 Å². The van der Waals surface area contributed by atoms with Gasteiger partial charge in [-0.1, -0.05) is 42.3 Å². The van der Waals surface area contributed by atoms with E-state index in [-0.39, 0.29) is 5.91 Å². The van der Waals surface area contributed by atoms with Crippen LogP contribution in [0.5, 0.6) is 0 Å². The molecule has 1 aromatic carbocycles. The second kappa shape index (κ2) is 9.32. The zero-order valence-electron chi connectivity index (χ0n) is 14.7. The lowest BCUT2D eigenvalue weighted by Crippen LogP contribution is -2.24. The Morgan fingerprint density at radius 2 is 1.76 bits per heavy atom. The standard InChI is InChI=1S/C19H27N5O/c25-19(9-13-24-14-10-21-22-24)20-15-17-5-7-18(8-6-17)16-23-11-3-1-2-4-12-23/h5-8,10,14H,1-4,9,11-13,15-16H2,(H,20,25). The van der Waals surface area contributed by atoms with E-state index in [2.05, 4.69) is 44.8 Å². The molecule has 0 saturated carbocycles. The summed E-state index contributed by atoms with van der Waals surface area (Å²) in [6, 6.07) is 8.60. The summed E-state index contributed by atoms with van der Waals surface area (Å²) < 4.78 is 1.66. The van der Waals surface area contributed by atoms with Gasteiger partial charge in [0.05, 0.1) is 12.7 Å². The van der Waals surface area contributed by atoms with Crippen molar-refractivity contribution in [1.82, 2.24) is 25.2 Å². The van der Waals surface area contributed by atoms with Crippen LogP contribution in [-0.4, -0.2) is 38.9 Å². The zero-order valence-corrected chi connectivity index (χ0v) is 14.7. The predicted octanol–water partition coefficient (Wildman–Crippen LogP) is 2.36. The molecule has 134 valence electrons. The van der Waals surface area contributed by atoms with Crippen LogP contribution in [0.1, 0.15) is 43.2 Å². The van der Waals surface area contributed by atoms with Gasteiger partial charge in [0.1, 0.15) is 0 Å². The highest BCUT2D eigenvalue weighted by atomic mass is 16.1. The van der Waals surface area contributed by atoms with E-state index in [1.54, 1.807) is 17.1 Å². The maximum Gasteiger partial charge on any atom is 0.222 e. The van der Waals surface area contributed by atoms with Gasteiger partial charge in [0, 0.05) is 25.7 Å². The van der Waals surface area contributed by atoms with Crippen molar-refractivity contribution in [3.63, 3.8) is 0 Å². The molecule has 6 heteroatoms. The largest absolute Gasteiger partial charge is 0.352 e. The van der Waals surface area contributed by atoms with E-state index in [1.807, 2.05) is 0 Å². The Morgan fingerprint density at radius 1 is 1.04 bits per heavy atom. The Labute approximate surface area is 149 Å². The summed E-state index contributed by atoms with van der Waals surface area (Å²) in [6.45, 7) is 4.58. The Kier molecular flexibility index (Phi) is 6.56. The molecule has 1 saturated heterocycles. The van der Waals surface area contributed by atoms with E-state index in [0.717, 1.165) is 12.1 Å². The fraction of sp³-hybridized carbons (Fsp3) is 0.526. The van der Waals surface area contributed by atoms with Crippen molar-refractivity contribution in [2.75, 3.05) is 13.1 Å². The highest BCUT2D eigenvalue weighted by molar-refractivity contribution is 5.75. The van der Waals surface area contributed by atoms with Crippen LogP contribution in [0.15, 0.2) is 36.7 Å². The fourth-order valence-electron chi connectivity index (χ4n) is 3.17. The first-order chi connectivity index (χ1) is 12.3. The Balaban J connectivity index is 1.40. The molecule has 1 N–H and O–H groups in total. The van der Waals surface area contributed by atoms with Crippen LogP contribution < -0.4 is 5.32 Å². The number of carbonyl (C=O) groups excluding carboxylic acids is 1. The first-order valence-electron chi connectivity index (χ1n) is 9.20. The third-order valence-corrected chi connectivity index (χ3v) is 4.66. The van der Waals surface area contributed by atoms with Crippen LogP contribution in [0, 0.1) is 0 Å². The number of benzene rings is 1. The van der Waals surface area contributed by atoms with Gasteiger partial charge < -0.3 is 5.32 Å². The summed E-state index contributed by atoms with van der Waals surface area (Å²) in [4.78, 5) is 14.4. The number of rotatable bonds is 7. The minimum absolute atomic E-state index is 0.0316. The van der Waals surface area contributed by atoms with Gasteiger partial charge in [0.2, 0.25) is 5.91 Å². The summed E-state index contributed by atoms with van der Waals surface area (Å²) in [6.07, 6.45) is 9.16. The first kappa shape index (κ1) is 17.6. The summed E-state index contributed by atoms with van der Waals surface area (Å²) in [7, 11) is 0. The van der Waals surface area contributed by atoms with Crippen LogP contribution in [-0.2, 0) is 24.4 Å². The van der Waals surface area contributed by atoms with Gasteiger partial charge in [-0.05, 0) is 37.1 Å².